The predicted octanol–water partition coefficient (Wildman–Crippen LogP) is 5.19. The summed E-state index contributed by atoms with van der Waals surface area (Å²) in [4.78, 5) is 42.7. The van der Waals surface area contributed by atoms with Crippen molar-refractivity contribution in [3.05, 3.63) is 65.4 Å². The van der Waals surface area contributed by atoms with Crippen molar-refractivity contribution in [2.75, 3.05) is 26.2 Å². The molecular weight excluding hydrogens is 478 g/mol. The summed E-state index contributed by atoms with van der Waals surface area (Å²) in [5, 5.41) is 1.31. The van der Waals surface area contributed by atoms with E-state index in [-0.39, 0.29) is 18.0 Å². The van der Waals surface area contributed by atoms with Gasteiger partial charge in [-0.05, 0) is 49.7 Å². The molecule has 1 aromatic carbocycles. The van der Waals surface area contributed by atoms with Gasteiger partial charge in [-0.3, -0.25) is 14.8 Å². The van der Waals surface area contributed by atoms with E-state index >= 15 is 0 Å². The van der Waals surface area contributed by atoms with E-state index in [9.17, 15) is 9.59 Å². The van der Waals surface area contributed by atoms with Gasteiger partial charge in [-0.15, -0.1) is 0 Å². The Morgan fingerprint density at radius 1 is 1.08 bits per heavy atom. The van der Waals surface area contributed by atoms with E-state index in [1.54, 1.807) is 40.4 Å². The Labute approximate surface area is 213 Å². The highest BCUT2D eigenvalue weighted by molar-refractivity contribution is 6.35. The molecule has 0 radical (unpaired) electrons. The van der Waals surface area contributed by atoms with Crippen LogP contribution in [-0.4, -0.2) is 69.0 Å². The summed E-state index contributed by atoms with van der Waals surface area (Å²) in [5.74, 6) is -0.106. The third kappa shape index (κ3) is 4.68. The van der Waals surface area contributed by atoms with Crippen molar-refractivity contribution in [3.63, 3.8) is 0 Å². The molecule has 1 atom stereocenters. The van der Waals surface area contributed by atoms with E-state index in [0.29, 0.717) is 48.0 Å². The summed E-state index contributed by atoms with van der Waals surface area (Å²) in [6.07, 6.45) is 3.91. The Kier molecular flexibility index (Phi) is 6.69. The first-order chi connectivity index (χ1) is 17.4. The van der Waals surface area contributed by atoms with Gasteiger partial charge in [-0.1, -0.05) is 24.6 Å². The molecule has 4 heterocycles. The van der Waals surface area contributed by atoms with Gasteiger partial charge in [0.1, 0.15) is 0 Å². The number of benzene rings is 1. The van der Waals surface area contributed by atoms with Crippen LogP contribution >= 0.6 is 11.6 Å². The van der Waals surface area contributed by atoms with E-state index < -0.39 is 0 Å². The molecule has 0 bridgehead atoms. The summed E-state index contributed by atoms with van der Waals surface area (Å²) >= 11 is 6.59. The van der Waals surface area contributed by atoms with Crippen LogP contribution in [0, 0.1) is 0 Å². The number of carbonyl (C=O) groups is 2. The molecule has 1 aliphatic rings. The molecule has 0 N–H and O–H groups in total. The Morgan fingerprint density at radius 2 is 1.94 bits per heavy atom. The van der Waals surface area contributed by atoms with E-state index in [4.69, 9.17) is 21.3 Å². The smallest absolute Gasteiger partial charge is 0.410 e. The molecule has 3 aromatic heterocycles. The first-order valence-electron chi connectivity index (χ1n) is 12.0. The minimum atomic E-state index is -0.327. The van der Waals surface area contributed by atoms with Gasteiger partial charge in [0.25, 0.3) is 5.91 Å². The number of piperazine rings is 1. The lowest BCUT2D eigenvalue weighted by atomic mass is 10.1. The number of aromatic nitrogens is 3. The molecule has 9 heteroatoms. The van der Waals surface area contributed by atoms with Gasteiger partial charge >= 0.3 is 6.09 Å². The zero-order valence-corrected chi connectivity index (χ0v) is 20.9. The number of halogens is 1. The highest BCUT2D eigenvalue weighted by Crippen LogP contribution is 2.30. The minimum Gasteiger partial charge on any atom is -0.449 e. The molecule has 0 aliphatic carbocycles. The lowest BCUT2D eigenvalue weighted by Gasteiger charge is -2.39. The van der Waals surface area contributed by atoms with Gasteiger partial charge < -0.3 is 14.5 Å². The van der Waals surface area contributed by atoms with Gasteiger partial charge in [-0.25, -0.2) is 9.78 Å². The number of ether oxygens (including phenoxy) is 1. The van der Waals surface area contributed by atoms with Gasteiger partial charge in [0, 0.05) is 54.6 Å². The SMILES string of the molecule is CCCOC(=O)N1CCN(C(=O)c2ccc3c(Cl)cc(-c4cnc5cccnc5c4)nc3c2)CC1C. The zero-order chi connectivity index (χ0) is 25.2. The summed E-state index contributed by atoms with van der Waals surface area (Å²) < 4.78 is 5.27. The maximum Gasteiger partial charge on any atom is 0.410 e. The standard InChI is InChI=1S/C27H26ClN5O3/c1-3-11-36-27(35)33-10-9-32(16-17(33)2)26(34)18-6-7-20-21(28)14-23(31-24(20)12-18)19-13-25-22(30-15-19)5-4-8-29-25/h4-8,12-15,17H,3,9-11,16H2,1-2H3. The number of rotatable bonds is 4. The molecule has 1 unspecified atom stereocenters. The van der Waals surface area contributed by atoms with Gasteiger partial charge in [0.15, 0.2) is 0 Å². The van der Waals surface area contributed by atoms with Crippen molar-refractivity contribution in [3.8, 4) is 11.3 Å². The van der Waals surface area contributed by atoms with Crippen LogP contribution in [0.5, 0.6) is 0 Å². The lowest BCUT2D eigenvalue weighted by molar-refractivity contribution is 0.0412. The first kappa shape index (κ1) is 23.9. The van der Waals surface area contributed by atoms with Crippen molar-refractivity contribution in [1.29, 1.82) is 0 Å². The van der Waals surface area contributed by atoms with Crippen LogP contribution in [0.15, 0.2) is 54.9 Å². The van der Waals surface area contributed by atoms with Crippen LogP contribution in [0.25, 0.3) is 33.2 Å². The molecule has 5 rings (SSSR count). The maximum absolute atomic E-state index is 13.3. The molecule has 36 heavy (non-hydrogen) atoms. The van der Waals surface area contributed by atoms with E-state index in [1.807, 2.05) is 38.1 Å². The van der Waals surface area contributed by atoms with Crippen LogP contribution < -0.4 is 0 Å². The zero-order valence-electron chi connectivity index (χ0n) is 20.1. The normalized spacial score (nSPS) is 15.9. The average molecular weight is 504 g/mol. The highest BCUT2D eigenvalue weighted by Gasteiger charge is 2.31. The maximum atomic E-state index is 13.3. The van der Waals surface area contributed by atoms with Gasteiger partial charge in [0.05, 0.1) is 33.9 Å². The summed E-state index contributed by atoms with van der Waals surface area (Å²) in [5.41, 5.74) is 4.17. The molecule has 1 aliphatic heterocycles. The Morgan fingerprint density at radius 3 is 2.75 bits per heavy atom. The van der Waals surface area contributed by atoms with Crippen LogP contribution in [-0.2, 0) is 4.74 Å². The Hall–Kier alpha value is -3.78. The molecule has 0 spiro atoms. The predicted molar refractivity (Wildman–Crippen MR) is 139 cm³/mol. The Balaban J connectivity index is 1.39. The lowest BCUT2D eigenvalue weighted by Crippen LogP contribution is -2.55. The summed E-state index contributed by atoms with van der Waals surface area (Å²) in [7, 11) is 0. The summed E-state index contributed by atoms with van der Waals surface area (Å²) in [6, 6.07) is 12.7. The number of nitrogens with zero attached hydrogens (tertiary/aromatic N) is 5. The number of pyridine rings is 3. The van der Waals surface area contributed by atoms with Crippen molar-refractivity contribution in [2.45, 2.75) is 26.3 Å². The molecule has 8 nitrogen and oxygen atoms in total. The van der Waals surface area contributed by atoms with Crippen molar-refractivity contribution in [2.24, 2.45) is 0 Å². The molecule has 1 saturated heterocycles. The summed E-state index contributed by atoms with van der Waals surface area (Å²) in [6.45, 7) is 5.57. The van der Waals surface area contributed by atoms with Crippen LogP contribution in [0.3, 0.4) is 0 Å². The second-order valence-electron chi connectivity index (χ2n) is 8.89. The number of amides is 2. The van der Waals surface area contributed by atoms with Crippen molar-refractivity contribution in [1.82, 2.24) is 24.8 Å². The molecule has 4 aromatic rings. The topological polar surface area (TPSA) is 88.5 Å². The largest absolute Gasteiger partial charge is 0.449 e. The second-order valence-corrected chi connectivity index (χ2v) is 9.30. The van der Waals surface area contributed by atoms with E-state index in [2.05, 4.69) is 9.97 Å². The average Bonchev–Trinajstić information content (AvgIpc) is 2.90. The quantitative estimate of drug-likeness (QED) is 0.380. The number of carbonyl (C=O) groups excluding carboxylic acids is 2. The highest BCUT2D eigenvalue weighted by atomic mass is 35.5. The van der Waals surface area contributed by atoms with Gasteiger partial charge in [-0.2, -0.15) is 0 Å². The van der Waals surface area contributed by atoms with Crippen molar-refractivity contribution >= 4 is 45.5 Å². The minimum absolute atomic E-state index is 0.106. The van der Waals surface area contributed by atoms with Crippen molar-refractivity contribution < 1.29 is 14.3 Å². The second kappa shape index (κ2) is 10.1. The van der Waals surface area contributed by atoms with Gasteiger partial charge in [0.2, 0.25) is 0 Å². The molecule has 0 saturated carbocycles. The van der Waals surface area contributed by atoms with E-state index in [1.165, 1.54) is 0 Å². The fourth-order valence-electron chi connectivity index (χ4n) is 4.43. The Bertz CT molecular complexity index is 1460. The van der Waals surface area contributed by atoms with Crippen LogP contribution in [0.2, 0.25) is 5.02 Å². The fraction of sp³-hybridized carbons (Fsp3) is 0.296. The number of hydrogen-bond acceptors (Lipinski definition) is 6. The molecular formula is C27H26ClN5O3. The number of hydrogen-bond donors (Lipinski definition) is 0. The third-order valence-corrected chi connectivity index (χ3v) is 6.64. The monoisotopic (exact) mass is 503 g/mol. The first-order valence-corrected chi connectivity index (χ1v) is 12.4. The fourth-order valence-corrected chi connectivity index (χ4v) is 4.69. The number of fused-ring (bicyclic) bond motifs is 2. The van der Waals surface area contributed by atoms with Crippen LogP contribution in [0.4, 0.5) is 4.79 Å². The van der Waals surface area contributed by atoms with Crippen LogP contribution in [0.1, 0.15) is 30.6 Å². The van der Waals surface area contributed by atoms with E-state index in [0.717, 1.165) is 28.4 Å². The third-order valence-electron chi connectivity index (χ3n) is 6.33. The molecule has 184 valence electrons. The molecule has 2 amide bonds. The molecule has 1 fully saturated rings.